The normalized spacial score (nSPS) is 11.9. The van der Waals surface area contributed by atoms with Crippen LogP contribution in [0.1, 0.15) is 42.9 Å². The van der Waals surface area contributed by atoms with Crippen LogP contribution >= 0.6 is 11.8 Å². The minimum atomic E-state index is 0.422. The first-order chi connectivity index (χ1) is 8.60. The molecule has 0 heterocycles. The monoisotopic (exact) mass is 263 g/mol. The van der Waals surface area contributed by atoms with Crippen molar-refractivity contribution in [3.63, 3.8) is 0 Å². The van der Waals surface area contributed by atoms with E-state index in [1.807, 2.05) is 6.92 Å². The average molecular weight is 263 g/mol. The quantitative estimate of drug-likeness (QED) is 0.563. The minimum Gasteiger partial charge on any atom is -0.493 e. The number of aryl methyl sites for hydroxylation is 2. The van der Waals surface area contributed by atoms with Crippen LogP contribution in [0.25, 0.3) is 0 Å². The zero-order valence-corrected chi connectivity index (χ0v) is 12.4. The molecule has 0 saturated carbocycles. The second-order valence-electron chi connectivity index (χ2n) is 4.56. The number of hydrogen-bond donors (Lipinski definition) is 0. The van der Waals surface area contributed by atoms with Crippen LogP contribution in [0.2, 0.25) is 0 Å². The number of rotatable bonds is 6. The van der Waals surface area contributed by atoms with Crippen molar-refractivity contribution in [2.75, 3.05) is 12.4 Å². The summed E-state index contributed by atoms with van der Waals surface area (Å²) in [6, 6.07) is 4.37. The molecule has 1 atom stereocenters. The summed E-state index contributed by atoms with van der Waals surface area (Å²) >= 11 is 1.32. The lowest BCUT2D eigenvalue weighted by molar-refractivity contribution is 0.332. The largest absolute Gasteiger partial charge is 0.493 e. The number of thioether (sulfide) groups is 1. The molecule has 1 aromatic rings. The van der Waals surface area contributed by atoms with Crippen LogP contribution in [0.3, 0.4) is 0 Å². The molecule has 18 heavy (non-hydrogen) atoms. The van der Waals surface area contributed by atoms with Crippen molar-refractivity contribution in [1.82, 2.24) is 0 Å². The Labute approximate surface area is 114 Å². The summed E-state index contributed by atoms with van der Waals surface area (Å²) in [6.07, 6.45) is 1.00. The fourth-order valence-electron chi connectivity index (χ4n) is 2.13. The number of ether oxygens (including phenoxy) is 1. The summed E-state index contributed by atoms with van der Waals surface area (Å²) < 4.78 is 5.78. The summed E-state index contributed by atoms with van der Waals surface area (Å²) in [5.41, 5.74) is 3.74. The van der Waals surface area contributed by atoms with Gasteiger partial charge >= 0.3 is 0 Å². The zero-order chi connectivity index (χ0) is 13.5. The van der Waals surface area contributed by atoms with Gasteiger partial charge in [0.1, 0.15) is 11.2 Å². The van der Waals surface area contributed by atoms with E-state index < -0.39 is 0 Å². The van der Waals surface area contributed by atoms with E-state index in [9.17, 15) is 0 Å². The van der Waals surface area contributed by atoms with Crippen molar-refractivity contribution < 1.29 is 4.74 Å². The SMILES string of the molecule is CCOc1c(C)cc(C)cc1C(C)CCSC#N. The highest BCUT2D eigenvalue weighted by molar-refractivity contribution is 8.03. The second-order valence-corrected chi connectivity index (χ2v) is 5.44. The maximum atomic E-state index is 8.57. The van der Waals surface area contributed by atoms with E-state index in [4.69, 9.17) is 10.00 Å². The highest BCUT2D eigenvalue weighted by Gasteiger charge is 2.14. The second kappa shape index (κ2) is 7.33. The molecule has 0 fully saturated rings. The summed E-state index contributed by atoms with van der Waals surface area (Å²) in [4.78, 5) is 0. The predicted octanol–water partition coefficient (Wildman–Crippen LogP) is 4.41. The van der Waals surface area contributed by atoms with Crippen molar-refractivity contribution in [3.05, 3.63) is 28.8 Å². The third kappa shape index (κ3) is 3.96. The molecular formula is C15H21NOS. The first-order valence-electron chi connectivity index (χ1n) is 6.35. The molecule has 1 rings (SSSR count). The molecule has 0 aliphatic heterocycles. The number of hydrogen-bond acceptors (Lipinski definition) is 3. The first-order valence-corrected chi connectivity index (χ1v) is 7.33. The summed E-state index contributed by atoms with van der Waals surface area (Å²) in [5, 5.41) is 10.7. The Morgan fingerprint density at radius 1 is 1.39 bits per heavy atom. The van der Waals surface area contributed by atoms with Gasteiger partial charge in [0, 0.05) is 5.75 Å². The van der Waals surface area contributed by atoms with Crippen LogP contribution < -0.4 is 4.74 Å². The number of nitrogens with zero attached hydrogens (tertiary/aromatic N) is 1. The molecule has 0 spiro atoms. The van der Waals surface area contributed by atoms with Crippen molar-refractivity contribution in [2.45, 2.75) is 40.0 Å². The molecule has 0 aromatic heterocycles. The molecule has 2 nitrogen and oxygen atoms in total. The van der Waals surface area contributed by atoms with Gasteiger partial charge in [0.2, 0.25) is 0 Å². The Morgan fingerprint density at radius 3 is 2.72 bits per heavy atom. The van der Waals surface area contributed by atoms with Crippen molar-refractivity contribution in [3.8, 4) is 11.2 Å². The first kappa shape index (κ1) is 14.9. The van der Waals surface area contributed by atoms with Gasteiger partial charge in [-0.3, -0.25) is 0 Å². The van der Waals surface area contributed by atoms with Crippen LogP contribution in [-0.2, 0) is 0 Å². The maximum Gasteiger partial charge on any atom is 0.133 e. The van der Waals surface area contributed by atoms with E-state index in [2.05, 4.69) is 38.3 Å². The summed E-state index contributed by atoms with van der Waals surface area (Å²) in [7, 11) is 0. The molecule has 3 heteroatoms. The van der Waals surface area contributed by atoms with Gasteiger partial charge in [-0.15, -0.1) is 0 Å². The molecule has 0 radical (unpaired) electrons. The molecular weight excluding hydrogens is 242 g/mol. The predicted molar refractivity (Wildman–Crippen MR) is 78.2 cm³/mol. The number of benzene rings is 1. The molecule has 0 saturated heterocycles. The van der Waals surface area contributed by atoms with Crippen LogP contribution in [0, 0.1) is 24.5 Å². The maximum absolute atomic E-state index is 8.57. The van der Waals surface area contributed by atoms with Gasteiger partial charge in [0.05, 0.1) is 6.61 Å². The zero-order valence-electron chi connectivity index (χ0n) is 11.6. The third-order valence-corrected chi connectivity index (χ3v) is 3.55. The van der Waals surface area contributed by atoms with Crippen LogP contribution in [0.15, 0.2) is 12.1 Å². The van der Waals surface area contributed by atoms with Crippen LogP contribution in [0.5, 0.6) is 5.75 Å². The molecule has 1 aromatic carbocycles. The van der Waals surface area contributed by atoms with Crippen molar-refractivity contribution in [2.24, 2.45) is 0 Å². The number of nitriles is 1. The summed E-state index contributed by atoms with van der Waals surface area (Å²) in [5.74, 6) is 2.32. The van der Waals surface area contributed by atoms with E-state index in [-0.39, 0.29) is 0 Å². The van der Waals surface area contributed by atoms with E-state index in [0.29, 0.717) is 12.5 Å². The van der Waals surface area contributed by atoms with Gasteiger partial charge in [-0.05, 0) is 56.0 Å². The van der Waals surface area contributed by atoms with Gasteiger partial charge in [-0.2, -0.15) is 5.26 Å². The van der Waals surface area contributed by atoms with E-state index in [1.54, 1.807) is 0 Å². The Kier molecular flexibility index (Phi) is 6.07. The lowest BCUT2D eigenvalue weighted by atomic mass is 9.94. The molecule has 0 aliphatic carbocycles. The Bertz CT molecular complexity index is 437. The number of thiocyanates is 1. The highest BCUT2D eigenvalue weighted by atomic mass is 32.2. The molecule has 1 unspecified atom stereocenters. The van der Waals surface area contributed by atoms with Crippen LogP contribution in [0.4, 0.5) is 0 Å². The summed E-state index contributed by atoms with van der Waals surface area (Å²) in [6.45, 7) is 9.12. The third-order valence-electron chi connectivity index (χ3n) is 2.98. The van der Waals surface area contributed by atoms with Crippen molar-refractivity contribution >= 4 is 11.8 Å². The standard InChI is InChI=1S/C15H21NOS/c1-5-17-15-13(4)8-11(2)9-14(15)12(3)6-7-18-10-16/h8-9,12H,5-7H2,1-4H3. The molecule has 0 amide bonds. The smallest absolute Gasteiger partial charge is 0.133 e. The van der Waals surface area contributed by atoms with Gasteiger partial charge in [0.15, 0.2) is 0 Å². The Balaban J connectivity index is 2.94. The molecule has 0 aliphatic rings. The fraction of sp³-hybridized carbons (Fsp3) is 0.533. The lowest BCUT2D eigenvalue weighted by Crippen LogP contribution is -2.04. The van der Waals surface area contributed by atoms with E-state index >= 15 is 0 Å². The Morgan fingerprint density at radius 2 is 2.11 bits per heavy atom. The van der Waals surface area contributed by atoms with E-state index in [1.165, 1.54) is 28.5 Å². The van der Waals surface area contributed by atoms with Crippen LogP contribution in [-0.4, -0.2) is 12.4 Å². The minimum absolute atomic E-state index is 0.422. The average Bonchev–Trinajstić information content (AvgIpc) is 2.32. The van der Waals surface area contributed by atoms with E-state index in [0.717, 1.165) is 17.9 Å². The molecule has 0 N–H and O–H groups in total. The Hall–Kier alpha value is -1.14. The van der Waals surface area contributed by atoms with Crippen molar-refractivity contribution in [1.29, 1.82) is 5.26 Å². The van der Waals surface area contributed by atoms with Gasteiger partial charge in [-0.1, -0.05) is 24.6 Å². The fourth-order valence-corrected chi connectivity index (χ4v) is 2.69. The topological polar surface area (TPSA) is 33.0 Å². The lowest BCUT2D eigenvalue weighted by Gasteiger charge is -2.19. The van der Waals surface area contributed by atoms with Gasteiger partial charge < -0.3 is 4.74 Å². The van der Waals surface area contributed by atoms with Gasteiger partial charge in [-0.25, -0.2) is 0 Å². The molecule has 0 bridgehead atoms. The van der Waals surface area contributed by atoms with Gasteiger partial charge in [0.25, 0.3) is 0 Å². The highest BCUT2D eigenvalue weighted by Crippen LogP contribution is 2.33. The molecule has 98 valence electrons.